The van der Waals surface area contributed by atoms with Gasteiger partial charge in [-0.2, -0.15) is 0 Å². The number of ketones is 6. The third-order valence-corrected chi connectivity index (χ3v) is 21.0. The third-order valence-electron chi connectivity index (χ3n) is 21.0. The summed E-state index contributed by atoms with van der Waals surface area (Å²) in [4.78, 5) is 158. The number of nitrogens with zero attached hydrogens (tertiary/aromatic N) is 2. The zero-order chi connectivity index (χ0) is 102. The lowest BCUT2D eigenvalue weighted by molar-refractivity contribution is -0.131. The number of hydrogen-bond acceptors (Lipinski definition) is 18. The Balaban J connectivity index is 0.000000288. The molecule has 4 heterocycles. The minimum atomic E-state index is -0.707. The van der Waals surface area contributed by atoms with Gasteiger partial charge in [-0.05, 0) is 161 Å². The second-order valence-corrected chi connectivity index (χ2v) is 44.4. The van der Waals surface area contributed by atoms with Crippen LogP contribution < -0.4 is 21.3 Å². The van der Waals surface area contributed by atoms with Crippen molar-refractivity contribution in [1.82, 2.24) is 41.0 Å². The van der Waals surface area contributed by atoms with Gasteiger partial charge in [-0.15, -0.1) is 0 Å². The molecule has 0 spiro atoms. The van der Waals surface area contributed by atoms with Crippen LogP contribution in [0, 0.1) is 32.5 Å². The van der Waals surface area contributed by atoms with Crippen molar-refractivity contribution in [3.8, 4) is 0 Å². The van der Waals surface area contributed by atoms with Crippen molar-refractivity contribution in [2.24, 2.45) is 32.5 Å². The summed E-state index contributed by atoms with van der Waals surface area (Å²) >= 11 is 0. The predicted molar refractivity (Wildman–Crippen MR) is 532 cm³/mol. The van der Waals surface area contributed by atoms with E-state index in [9.17, 15) is 57.5 Å². The smallest absolute Gasteiger partial charge is 0.410 e. The molecule has 0 bridgehead atoms. The van der Waals surface area contributed by atoms with Gasteiger partial charge in [-0.3, -0.25) is 38.6 Å². The number of rotatable bonds is 21. The summed E-state index contributed by atoms with van der Waals surface area (Å²) in [5.41, 5.74) is 2.18. The molecule has 26 heteroatoms. The number of aromatic amines is 2. The van der Waals surface area contributed by atoms with Crippen LogP contribution in [0.1, 0.15) is 273 Å². The van der Waals surface area contributed by atoms with Crippen LogP contribution in [0.5, 0.6) is 0 Å². The Hall–Kier alpha value is -12.0. The van der Waals surface area contributed by atoms with Gasteiger partial charge in [0.15, 0.2) is 34.7 Å². The number of benzene rings is 6. The number of H-pyrrole nitrogens is 2. The summed E-state index contributed by atoms with van der Waals surface area (Å²) in [6.45, 7) is 56.8. The maximum atomic E-state index is 13.0. The minimum Gasteiger partial charge on any atom is -0.445 e. The lowest BCUT2D eigenvalue weighted by Crippen LogP contribution is -2.48. The number of nitrogens with one attached hydrogen (secondary N) is 6. The van der Waals surface area contributed by atoms with Crippen LogP contribution in [0.25, 0.3) is 21.8 Å². The number of aromatic nitrogens is 2. The molecule has 6 amide bonds. The molecule has 2 aliphatic rings. The van der Waals surface area contributed by atoms with E-state index >= 15 is 0 Å². The summed E-state index contributed by atoms with van der Waals surface area (Å²) in [7, 11) is 0. The molecule has 0 aliphatic carbocycles. The van der Waals surface area contributed by atoms with Crippen molar-refractivity contribution in [2.75, 3.05) is 13.1 Å². The van der Waals surface area contributed by atoms with Gasteiger partial charge in [0.25, 0.3) is 0 Å². The molecule has 0 unspecified atom stereocenters. The van der Waals surface area contributed by atoms with Crippen LogP contribution >= 0.6 is 0 Å². The van der Waals surface area contributed by atoms with E-state index in [0.29, 0.717) is 32.4 Å². The summed E-state index contributed by atoms with van der Waals surface area (Å²) in [5, 5.41) is 13.0. The van der Waals surface area contributed by atoms with Crippen LogP contribution in [0.4, 0.5) is 28.8 Å². The highest BCUT2D eigenvalue weighted by atomic mass is 16.6. The van der Waals surface area contributed by atoms with Gasteiger partial charge in [0, 0.05) is 92.6 Å². The Labute approximate surface area is 801 Å². The third kappa shape index (κ3) is 39.9. The Morgan fingerprint density at radius 2 is 0.615 bits per heavy atom. The highest BCUT2D eigenvalue weighted by Crippen LogP contribution is 2.33. The van der Waals surface area contributed by atoms with Crippen LogP contribution in [0.2, 0.25) is 0 Å². The number of hydrogen-bond donors (Lipinski definition) is 6. The molecule has 10 rings (SSSR count). The maximum Gasteiger partial charge on any atom is 0.410 e. The van der Waals surface area contributed by atoms with E-state index in [1.165, 1.54) is 0 Å². The summed E-state index contributed by atoms with van der Waals surface area (Å²) < 4.78 is 31.9. The lowest BCUT2D eigenvalue weighted by atomic mass is 9.84. The first kappa shape index (κ1) is 114. The van der Waals surface area contributed by atoms with Crippen LogP contribution in [0.3, 0.4) is 0 Å². The van der Waals surface area contributed by atoms with Crippen LogP contribution in [0.15, 0.2) is 182 Å². The fourth-order valence-electron chi connectivity index (χ4n) is 14.3. The average Bonchev–Trinajstić information content (AvgIpc) is 1.81. The Bertz CT molecular complexity index is 5200. The first-order valence-corrected chi connectivity index (χ1v) is 46.6. The van der Waals surface area contributed by atoms with Gasteiger partial charge in [-0.25, -0.2) is 28.8 Å². The van der Waals surface area contributed by atoms with Crippen molar-refractivity contribution in [1.29, 1.82) is 0 Å². The Kier molecular flexibility index (Phi) is 41.2. The first-order chi connectivity index (χ1) is 62.2. The predicted octanol–water partition coefficient (Wildman–Crippen LogP) is 22.8. The number of para-hydroxylation sites is 2. The van der Waals surface area contributed by atoms with Crippen molar-refractivity contribution >= 4 is 93.1 Å². The lowest BCUT2D eigenvalue weighted by Gasteiger charge is -2.31. The maximum absolute atomic E-state index is 13.0. The first-order valence-electron chi connectivity index (χ1n) is 46.6. The minimum absolute atomic E-state index is 0.0118. The molecule has 2 fully saturated rings. The molecule has 2 aromatic heterocycles. The number of likely N-dealkylation sites (tertiary alicyclic amines) is 2. The van der Waals surface area contributed by atoms with Gasteiger partial charge in [0.2, 0.25) is 0 Å². The van der Waals surface area contributed by atoms with Gasteiger partial charge in [0.1, 0.15) is 41.7 Å². The number of carbonyl (C=O) groups excluding carboxylic acids is 12. The van der Waals surface area contributed by atoms with Crippen molar-refractivity contribution in [3.05, 3.63) is 216 Å². The van der Waals surface area contributed by atoms with Crippen molar-refractivity contribution in [3.63, 3.8) is 0 Å². The van der Waals surface area contributed by atoms with E-state index in [4.69, 9.17) is 28.4 Å². The molecule has 2 saturated heterocycles. The van der Waals surface area contributed by atoms with E-state index in [1.807, 2.05) is 328 Å². The van der Waals surface area contributed by atoms with Crippen LogP contribution in [-0.4, -0.2) is 157 Å². The van der Waals surface area contributed by atoms with E-state index in [2.05, 4.69) is 31.2 Å². The summed E-state index contributed by atoms with van der Waals surface area (Å²) in [6, 6.07) is 50.4. The van der Waals surface area contributed by atoms with Gasteiger partial charge >= 0.3 is 36.6 Å². The Morgan fingerprint density at radius 3 is 0.956 bits per heavy atom. The number of fused-ring (bicyclic) bond motifs is 2. The van der Waals surface area contributed by atoms with Crippen molar-refractivity contribution in [2.45, 2.75) is 325 Å². The number of amides is 6. The SMILES string of the molecule is CC(C)(C)C(=O)[C@@H]1CCCN1C(=O)OCc1ccccc1.CC(C)(C)C(=O)[C@H](Cc1c[nH]c2ccccc12)NC(=O)OCc1ccccc1.CC(C)(C)OC(=O)N1CCC[C@H]1C(=O)C(C)(C)C.CC(C)(C)OC(=O)N[C@@H](C(=O)C(C)(C)C)c1ccccc1.CC(C)(C)OC(=O)N[C@@H](Cc1c[nH]c2ccccc12)C(=O)C(C)(C)C.CC(C)(C)OC(=O)N[C@H](Cc1ccccc1)C(=O)C(C)(C)C. The number of Topliss-reactive ketones (excluding diaryl/α,β-unsaturated/α-hetero) is 6. The quantitative estimate of drug-likeness (QED) is 0.0364. The highest BCUT2D eigenvalue weighted by Gasteiger charge is 2.43. The largest absolute Gasteiger partial charge is 0.445 e. The number of carbonyl (C=O) groups is 12. The van der Waals surface area contributed by atoms with Crippen LogP contribution in [-0.2, 0) is 89.7 Å². The molecule has 0 saturated carbocycles. The molecule has 8 aromatic rings. The molecule has 6 N–H and O–H groups in total. The topological polar surface area (TPSA) is 346 Å². The monoisotopic (exact) mass is 1860 g/mol. The second-order valence-electron chi connectivity index (χ2n) is 44.4. The molecule has 135 heavy (non-hydrogen) atoms. The average molecular weight is 1860 g/mol. The van der Waals surface area contributed by atoms with Gasteiger partial charge in [0.05, 0.1) is 30.2 Å². The normalized spacial score (nSPS) is 15.1. The van der Waals surface area contributed by atoms with Gasteiger partial charge < -0.3 is 59.7 Å². The van der Waals surface area contributed by atoms with E-state index in [-0.39, 0.29) is 72.2 Å². The van der Waals surface area contributed by atoms with Gasteiger partial charge in [-0.1, -0.05) is 282 Å². The summed E-state index contributed by atoms with van der Waals surface area (Å²) in [5.74, 6) is 0.0994. The standard InChI is InChI=1S/C23H26N2O3.C20H28N2O3.C18H27NO3.C17H23NO3.C17H25NO3.C14H25NO3/c1-23(2,3)21(26)20(13-17-14-24-19-12-8-7-11-18(17)19)25-22(27)28-15-16-9-5-4-6-10-16;1-19(2,3)17(23)16(22-18(24)25-20(4,5)6)11-13-12-21-15-10-8-7-9-14(13)15;1-17(2,3)15(20)14(12-13-10-8-7-9-11-13)19-16(21)22-18(4,5)6;1-17(2,3)15(19)14-10-7-11-18(14)16(20)21-12-13-8-5-4-6-9-13;1-16(2,3)14(19)13(12-10-8-7-9-11-12)18-15(20)21-17(4,5)6;1-13(2,3)11(16)10-8-7-9-15(10)12(17)18-14(4,5)6/h4-12,14,20,24H,13,15H2,1-3H3,(H,25,27);7-10,12,16,21H,11H2,1-6H3,(H,22,24);7-11,14H,12H2,1-6H3,(H,19,21);4-6,8-9,14H,7,10-12H2,1-3H3;7-11,13H,1-6H3,(H,18,20);10H,7-9H2,1-6H3/t20-;16-;2*14-;13-;10-/m001010/s1. The van der Waals surface area contributed by atoms with E-state index < -0.39 is 103 Å². The zero-order valence-electron chi connectivity index (χ0n) is 85.8. The number of ether oxygens (including phenoxy) is 6. The molecule has 738 valence electrons. The van der Waals surface area contributed by atoms with Crippen molar-refractivity contribution < 1.29 is 86.0 Å². The Morgan fingerprint density at radius 1 is 0.319 bits per heavy atom. The fraction of sp³-hybridized carbons (Fsp3) is 0.523. The second kappa shape index (κ2) is 49.0. The van der Waals surface area contributed by atoms with E-state index in [0.717, 1.165) is 80.9 Å². The molecule has 6 aromatic carbocycles. The molecular weight excluding hydrogens is 1710 g/mol. The highest BCUT2D eigenvalue weighted by molar-refractivity contribution is 5.96. The molecule has 0 radical (unpaired) electrons. The summed E-state index contributed by atoms with van der Waals surface area (Å²) in [6.07, 6.45) is 5.18. The molecule has 2 aliphatic heterocycles. The van der Waals surface area contributed by atoms with E-state index in [1.54, 1.807) is 72.1 Å². The number of alkyl carbamates (subject to hydrolysis) is 4. The fourth-order valence-corrected chi connectivity index (χ4v) is 14.3. The molecule has 26 nitrogen and oxygen atoms in total. The molecule has 6 atom stereocenters. The molecular formula is C109H154N8O18. The zero-order valence-corrected chi connectivity index (χ0v) is 85.8.